The number of carbonyl (C=O) groups excluding carboxylic acids is 1. The van der Waals surface area contributed by atoms with Crippen LogP contribution in [0, 0.1) is 0 Å². The maximum absolute atomic E-state index is 13.4. The molecular weight excluding hydrogens is 396 g/mol. The van der Waals surface area contributed by atoms with E-state index in [1.807, 2.05) is 84.9 Å². The molecule has 4 rings (SSSR count). The lowest BCUT2D eigenvalue weighted by molar-refractivity contribution is -0.113. The molecule has 1 heterocycles. The Morgan fingerprint density at radius 2 is 1.47 bits per heavy atom. The van der Waals surface area contributed by atoms with Crippen LogP contribution < -0.4 is 14.4 Å². The largest absolute Gasteiger partial charge is 0.495 e. The zero-order valence-corrected chi connectivity index (χ0v) is 17.4. The molecule has 0 spiro atoms. The fourth-order valence-electron chi connectivity index (χ4n) is 3.10. The highest BCUT2D eigenvalue weighted by Crippen LogP contribution is 2.41. The summed E-state index contributed by atoms with van der Waals surface area (Å²) in [7, 11) is 3.19. The van der Waals surface area contributed by atoms with Crippen LogP contribution in [-0.2, 0) is 4.79 Å². The first kappa shape index (κ1) is 19.8. The molecule has 0 N–H and O–H groups in total. The minimum atomic E-state index is -0.151. The quantitative estimate of drug-likeness (QED) is 0.515. The number of aliphatic imine (C=N–C) groups is 1. The number of rotatable bonds is 5. The Bertz CT molecular complexity index is 1130. The number of amidine groups is 1. The minimum Gasteiger partial charge on any atom is -0.495 e. The van der Waals surface area contributed by atoms with Gasteiger partial charge in [-0.25, -0.2) is 4.99 Å². The monoisotopic (exact) mass is 416 g/mol. The van der Waals surface area contributed by atoms with Gasteiger partial charge in [0.2, 0.25) is 0 Å². The molecule has 1 aliphatic rings. The van der Waals surface area contributed by atoms with E-state index >= 15 is 0 Å². The number of para-hydroxylation sites is 4. The molecule has 1 aliphatic heterocycles. The Hall–Kier alpha value is -3.51. The van der Waals surface area contributed by atoms with Gasteiger partial charge in [-0.15, -0.1) is 0 Å². The number of methoxy groups -OCH3 is 2. The molecular formula is C24H20N2O3S. The first-order valence-corrected chi connectivity index (χ1v) is 10.2. The van der Waals surface area contributed by atoms with E-state index in [1.165, 1.54) is 11.8 Å². The fourth-order valence-corrected chi connectivity index (χ4v) is 4.09. The molecule has 0 saturated carbocycles. The Balaban J connectivity index is 1.84. The molecule has 0 unspecified atom stereocenters. The maximum atomic E-state index is 13.4. The standard InChI is InChI=1S/C24H20N2O3S/c1-28-20-14-8-6-12-18(20)25-24-26(19-13-7-9-15-21(19)29-2)23(27)22(30-24)16-17-10-4-3-5-11-17/h3-16H,1-2H3. The van der Waals surface area contributed by atoms with Gasteiger partial charge in [-0.05, 0) is 47.7 Å². The van der Waals surface area contributed by atoms with Crippen molar-refractivity contribution in [2.24, 2.45) is 4.99 Å². The molecule has 5 nitrogen and oxygen atoms in total. The van der Waals surface area contributed by atoms with E-state index in [0.717, 1.165) is 5.56 Å². The van der Waals surface area contributed by atoms with Crippen molar-refractivity contribution in [1.82, 2.24) is 0 Å². The van der Waals surface area contributed by atoms with Gasteiger partial charge in [-0.2, -0.15) is 0 Å². The van der Waals surface area contributed by atoms with E-state index in [-0.39, 0.29) is 5.91 Å². The second-order valence-corrected chi connectivity index (χ2v) is 7.41. The van der Waals surface area contributed by atoms with Gasteiger partial charge in [0.15, 0.2) is 5.17 Å². The SMILES string of the molecule is COc1ccccc1N=C1SC(=Cc2ccccc2)C(=O)N1c1ccccc1OC. The molecule has 1 fully saturated rings. The number of amides is 1. The van der Waals surface area contributed by atoms with Crippen molar-refractivity contribution < 1.29 is 14.3 Å². The van der Waals surface area contributed by atoms with Crippen molar-refractivity contribution >= 4 is 40.3 Å². The van der Waals surface area contributed by atoms with E-state index in [0.29, 0.717) is 32.9 Å². The normalized spacial score (nSPS) is 16.3. The van der Waals surface area contributed by atoms with Gasteiger partial charge in [0, 0.05) is 0 Å². The lowest BCUT2D eigenvalue weighted by Crippen LogP contribution is -2.29. The third-order valence-electron chi connectivity index (χ3n) is 4.53. The number of thioether (sulfide) groups is 1. The lowest BCUT2D eigenvalue weighted by atomic mass is 10.2. The summed E-state index contributed by atoms with van der Waals surface area (Å²) >= 11 is 1.33. The summed E-state index contributed by atoms with van der Waals surface area (Å²) in [5.74, 6) is 1.08. The van der Waals surface area contributed by atoms with Crippen LogP contribution in [0.25, 0.3) is 6.08 Å². The van der Waals surface area contributed by atoms with Crippen LogP contribution in [-0.4, -0.2) is 25.3 Å². The minimum absolute atomic E-state index is 0.151. The summed E-state index contributed by atoms with van der Waals surface area (Å²) in [5, 5.41) is 0.538. The number of ether oxygens (including phenoxy) is 2. The number of anilines is 1. The number of benzene rings is 3. The summed E-state index contributed by atoms with van der Waals surface area (Å²) in [6, 6.07) is 24.6. The van der Waals surface area contributed by atoms with E-state index in [4.69, 9.17) is 14.5 Å². The number of hydrogen-bond acceptors (Lipinski definition) is 5. The van der Waals surface area contributed by atoms with Crippen LogP contribution in [0.5, 0.6) is 11.5 Å². The summed E-state index contributed by atoms with van der Waals surface area (Å²) in [4.78, 5) is 20.3. The van der Waals surface area contributed by atoms with Crippen molar-refractivity contribution in [2.45, 2.75) is 0 Å². The summed E-state index contributed by atoms with van der Waals surface area (Å²) in [6.07, 6.45) is 1.88. The van der Waals surface area contributed by atoms with Gasteiger partial charge < -0.3 is 9.47 Å². The zero-order chi connectivity index (χ0) is 20.9. The molecule has 0 aliphatic carbocycles. The molecule has 150 valence electrons. The van der Waals surface area contributed by atoms with Crippen LogP contribution in [0.2, 0.25) is 0 Å². The first-order valence-electron chi connectivity index (χ1n) is 9.35. The summed E-state index contributed by atoms with van der Waals surface area (Å²) in [6.45, 7) is 0. The van der Waals surface area contributed by atoms with Crippen molar-refractivity contribution in [3.8, 4) is 11.5 Å². The second kappa shape index (κ2) is 8.88. The third-order valence-corrected chi connectivity index (χ3v) is 5.50. The van der Waals surface area contributed by atoms with Gasteiger partial charge in [0.05, 0.1) is 24.8 Å². The maximum Gasteiger partial charge on any atom is 0.271 e. The highest BCUT2D eigenvalue weighted by Gasteiger charge is 2.36. The molecule has 3 aromatic rings. The summed E-state index contributed by atoms with van der Waals surface area (Å²) < 4.78 is 10.9. The van der Waals surface area contributed by atoms with Gasteiger partial charge in [-0.1, -0.05) is 54.6 Å². The van der Waals surface area contributed by atoms with Crippen molar-refractivity contribution in [2.75, 3.05) is 19.1 Å². The Morgan fingerprint density at radius 3 is 2.20 bits per heavy atom. The van der Waals surface area contributed by atoms with E-state index in [2.05, 4.69) is 0 Å². The van der Waals surface area contributed by atoms with Crippen LogP contribution in [0.15, 0.2) is 88.8 Å². The molecule has 6 heteroatoms. The van der Waals surface area contributed by atoms with Crippen LogP contribution in [0.1, 0.15) is 5.56 Å². The second-order valence-electron chi connectivity index (χ2n) is 6.40. The molecule has 0 radical (unpaired) electrons. The Morgan fingerprint density at radius 1 is 0.833 bits per heavy atom. The fraction of sp³-hybridized carbons (Fsp3) is 0.0833. The average molecular weight is 417 g/mol. The molecule has 0 aromatic heterocycles. The van der Waals surface area contributed by atoms with Crippen molar-refractivity contribution in [3.63, 3.8) is 0 Å². The molecule has 1 saturated heterocycles. The van der Waals surface area contributed by atoms with Gasteiger partial charge in [0.1, 0.15) is 17.2 Å². The molecule has 0 bridgehead atoms. The highest BCUT2D eigenvalue weighted by atomic mass is 32.2. The van der Waals surface area contributed by atoms with Crippen LogP contribution in [0.3, 0.4) is 0 Å². The molecule has 30 heavy (non-hydrogen) atoms. The smallest absolute Gasteiger partial charge is 0.271 e. The molecule has 0 atom stereocenters. The van der Waals surface area contributed by atoms with Crippen LogP contribution >= 0.6 is 11.8 Å². The van der Waals surface area contributed by atoms with Gasteiger partial charge >= 0.3 is 0 Å². The topological polar surface area (TPSA) is 51.1 Å². The number of carbonyl (C=O) groups is 1. The average Bonchev–Trinajstić information content (AvgIpc) is 3.09. The summed E-state index contributed by atoms with van der Waals surface area (Å²) in [5.41, 5.74) is 2.24. The predicted octanol–water partition coefficient (Wildman–Crippen LogP) is 5.51. The lowest BCUT2D eigenvalue weighted by Gasteiger charge is -2.18. The third kappa shape index (κ3) is 3.95. The van der Waals surface area contributed by atoms with E-state index < -0.39 is 0 Å². The predicted molar refractivity (Wildman–Crippen MR) is 123 cm³/mol. The highest BCUT2D eigenvalue weighted by molar-refractivity contribution is 8.19. The number of nitrogens with zero attached hydrogens (tertiary/aromatic N) is 2. The zero-order valence-electron chi connectivity index (χ0n) is 16.6. The van der Waals surface area contributed by atoms with Crippen molar-refractivity contribution in [1.29, 1.82) is 0 Å². The Labute approximate surface area is 179 Å². The van der Waals surface area contributed by atoms with Crippen molar-refractivity contribution in [3.05, 3.63) is 89.3 Å². The molecule has 1 amide bonds. The van der Waals surface area contributed by atoms with Crippen LogP contribution in [0.4, 0.5) is 11.4 Å². The van der Waals surface area contributed by atoms with Gasteiger partial charge in [-0.3, -0.25) is 9.69 Å². The number of hydrogen-bond donors (Lipinski definition) is 0. The Kier molecular flexibility index (Phi) is 5.86. The molecule has 3 aromatic carbocycles. The van der Waals surface area contributed by atoms with E-state index in [1.54, 1.807) is 19.1 Å². The van der Waals surface area contributed by atoms with Gasteiger partial charge in [0.25, 0.3) is 5.91 Å². The first-order chi connectivity index (χ1) is 14.7. The van der Waals surface area contributed by atoms with E-state index in [9.17, 15) is 4.79 Å².